The van der Waals surface area contributed by atoms with Gasteiger partial charge in [-0.05, 0) is 27.0 Å². The van der Waals surface area contributed by atoms with E-state index in [-0.39, 0.29) is 18.9 Å². The predicted molar refractivity (Wildman–Crippen MR) is 71.7 cm³/mol. The fourth-order valence-corrected chi connectivity index (χ4v) is 2.35. The Morgan fingerprint density at radius 1 is 1.56 bits per heavy atom. The number of aromatic nitrogens is 1. The second-order valence-electron chi connectivity index (χ2n) is 4.69. The van der Waals surface area contributed by atoms with Gasteiger partial charge in [0.25, 0.3) is 0 Å². The van der Waals surface area contributed by atoms with Gasteiger partial charge in [-0.3, -0.25) is 4.79 Å². The third-order valence-electron chi connectivity index (χ3n) is 2.64. The molecule has 0 aliphatic rings. The van der Waals surface area contributed by atoms with Crippen molar-refractivity contribution < 1.29 is 14.4 Å². The van der Waals surface area contributed by atoms with E-state index in [4.69, 9.17) is 4.52 Å². The van der Waals surface area contributed by atoms with Crippen LogP contribution < -0.4 is 5.32 Å². The van der Waals surface area contributed by atoms with Crippen molar-refractivity contribution in [1.82, 2.24) is 10.5 Å². The van der Waals surface area contributed by atoms with Gasteiger partial charge < -0.3 is 14.9 Å². The highest BCUT2D eigenvalue weighted by Crippen LogP contribution is 2.13. The summed E-state index contributed by atoms with van der Waals surface area (Å²) in [5.74, 6) is 1.11. The third kappa shape index (κ3) is 4.34. The van der Waals surface area contributed by atoms with E-state index < -0.39 is 5.60 Å². The zero-order valence-electron chi connectivity index (χ0n) is 11.2. The number of thioether (sulfide) groups is 1. The zero-order valence-corrected chi connectivity index (χ0v) is 12.1. The number of nitrogens with zero attached hydrogens (tertiary/aromatic N) is 1. The molecule has 0 fully saturated rings. The molecule has 0 aliphatic carbocycles. The molecule has 0 unspecified atom stereocenters. The second kappa shape index (κ2) is 6.24. The molecule has 0 spiro atoms. The summed E-state index contributed by atoms with van der Waals surface area (Å²) in [5, 5.41) is 16.5. The number of rotatable bonds is 6. The van der Waals surface area contributed by atoms with E-state index >= 15 is 0 Å². The van der Waals surface area contributed by atoms with Crippen molar-refractivity contribution in [1.29, 1.82) is 0 Å². The number of hydrogen-bond acceptors (Lipinski definition) is 5. The molecule has 6 heteroatoms. The van der Waals surface area contributed by atoms with Crippen molar-refractivity contribution in [3.05, 3.63) is 17.0 Å². The molecular weight excluding hydrogens is 252 g/mol. The zero-order chi connectivity index (χ0) is 13.8. The first-order valence-corrected chi connectivity index (χ1v) is 7.15. The molecule has 0 saturated carbocycles. The van der Waals surface area contributed by atoms with Crippen molar-refractivity contribution in [3.8, 4) is 0 Å². The van der Waals surface area contributed by atoms with Gasteiger partial charge in [0.15, 0.2) is 0 Å². The molecule has 0 radical (unpaired) electrons. The Hall–Kier alpha value is -1.01. The van der Waals surface area contributed by atoms with E-state index in [1.807, 2.05) is 13.2 Å². The number of hydrogen-bond donors (Lipinski definition) is 2. The molecule has 18 heavy (non-hydrogen) atoms. The topological polar surface area (TPSA) is 75.4 Å². The molecular formula is C12H20N2O3S. The van der Waals surface area contributed by atoms with Crippen LogP contribution in [0.3, 0.4) is 0 Å². The van der Waals surface area contributed by atoms with E-state index in [1.165, 1.54) is 0 Å². The minimum absolute atomic E-state index is 0.134. The monoisotopic (exact) mass is 272 g/mol. The van der Waals surface area contributed by atoms with Gasteiger partial charge in [0.1, 0.15) is 5.76 Å². The van der Waals surface area contributed by atoms with E-state index in [1.54, 1.807) is 25.6 Å². The lowest BCUT2D eigenvalue weighted by Gasteiger charge is -2.22. The van der Waals surface area contributed by atoms with Gasteiger partial charge in [-0.2, -0.15) is 11.8 Å². The SMILES string of the molecule is CSC[C@@](C)(O)CNC(=O)Cc1c(C)noc1C. The summed E-state index contributed by atoms with van der Waals surface area (Å²) >= 11 is 1.54. The van der Waals surface area contributed by atoms with E-state index in [2.05, 4.69) is 10.5 Å². The van der Waals surface area contributed by atoms with Crippen molar-refractivity contribution in [2.75, 3.05) is 18.6 Å². The number of aliphatic hydroxyl groups is 1. The molecule has 1 aromatic heterocycles. The highest BCUT2D eigenvalue weighted by Gasteiger charge is 2.21. The van der Waals surface area contributed by atoms with Crippen LogP contribution in [-0.4, -0.2) is 40.3 Å². The van der Waals surface area contributed by atoms with E-state index in [0.29, 0.717) is 11.5 Å². The van der Waals surface area contributed by atoms with Crippen molar-refractivity contribution >= 4 is 17.7 Å². The van der Waals surface area contributed by atoms with E-state index in [0.717, 1.165) is 11.3 Å². The van der Waals surface area contributed by atoms with Gasteiger partial charge in [0.05, 0.1) is 17.7 Å². The van der Waals surface area contributed by atoms with Crippen LogP contribution in [0.1, 0.15) is 23.9 Å². The Balaban J connectivity index is 2.48. The van der Waals surface area contributed by atoms with Crippen molar-refractivity contribution in [3.63, 3.8) is 0 Å². The second-order valence-corrected chi connectivity index (χ2v) is 5.55. The lowest BCUT2D eigenvalue weighted by molar-refractivity contribution is -0.121. The highest BCUT2D eigenvalue weighted by atomic mass is 32.2. The minimum atomic E-state index is -0.881. The number of carbonyl (C=O) groups is 1. The Morgan fingerprint density at radius 2 is 2.22 bits per heavy atom. The number of amides is 1. The third-order valence-corrected chi connectivity index (χ3v) is 3.55. The van der Waals surface area contributed by atoms with Crippen LogP contribution in [0.4, 0.5) is 0 Å². The van der Waals surface area contributed by atoms with E-state index in [9.17, 15) is 9.90 Å². The van der Waals surface area contributed by atoms with Crippen molar-refractivity contribution in [2.24, 2.45) is 0 Å². The van der Waals surface area contributed by atoms with Gasteiger partial charge in [0, 0.05) is 17.9 Å². The van der Waals surface area contributed by atoms with Gasteiger partial charge >= 0.3 is 0 Å². The van der Waals surface area contributed by atoms with Crippen LogP contribution in [0.25, 0.3) is 0 Å². The normalized spacial score (nSPS) is 14.3. The molecule has 5 nitrogen and oxygen atoms in total. The fourth-order valence-electron chi connectivity index (χ4n) is 1.63. The fraction of sp³-hybridized carbons (Fsp3) is 0.667. The van der Waals surface area contributed by atoms with Crippen LogP contribution in [0.2, 0.25) is 0 Å². The lowest BCUT2D eigenvalue weighted by Crippen LogP contribution is -2.43. The molecule has 1 aromatic rings. The molecule has 0 aliphatic heterocycles. The molecule has 1 amide bonds. The molecule has 0 aromatic carbocycles. The summed E-state index contributed by atoms with van der Waals surface area (Å²) in [6, 6.07) is 0. The van der Waals surface area contributed by atoms with Gasteiger partial charge in [0.2, 0.25) is 5.91 Å². The van der Waals surface area contributed by atoms with Gasteiger partial charge in [-0.1, -0.05) is 5.16 Å². The molecule has 2 N–H and O–H groups in total. The Kier molecular flexibility index (Phi) is 5.22. The Bertz CT molecular complexity index is 396. The summed E-state index contributed by atoms with van der Waals surface area (Å²) in [5.41, 5.74) is 0.670. The molecule has 0 saturated heterocycles. The van der Waals surface area contributed by atoms with Crippen LogP contribution in [0.15, 0.2) is 4.52 Å². The smallest absolute Gasteiger partial charge is 0.224 e. The first-order valence-electron chi connectivity index (χ1n) is 5.75. The molecule has 102 valence electrons. The molecule has 1 atom stereocenters. The van der Waals surface area contributed by atoms with Gasteiger partial charge in [-0.15, -0.1) is 0 Å². The van der Waals surface area contributed by atoms with Crippen LogP contribution in [-0.2, 0) is 11.2 Å². The maximum atomic E-state index is 11.8. The average Bonchev–Trinajstić information content (AvgIpc) is 2.58. The maximum Gasteiger partial charge on any atom is 0.224 e. The molecule has 1 rings (SSSR count). The number of carbonyl (C=O) groups excluding carboxylic acids is 1. The summed E-state index contributed by atoms with van der Waals surface area (Å²) < 4.78 is 5.00. The Labute approximate surface area is 111 Å². The average molecular weight is 272 g/mol. The summed E-state index contributed by atoms with van der Waals surface area (Å²) in [6.45, 7) is 5.55. The maximum absolute atomic E-state index is 11.8. The first-order chi connectivity index (χ1) is 8.35. The van der Waals surface area contributed by atoms with Gasteiger partial charge in [-0.25, -0.2) is 0 Å². The molecule has 0 bridgehead atoms. The molecule has 1 heterocycles. The number of nitrogens with one attached hydrogen (secondary N) is 1. The lowest BCUT2D eigenvalue weighted by atomic mass is 10.1. The summed E-state index contributed by atoms with van der Waals surface area (Å²) in [7, 11) is 0. The van der Waals surface area contributed by atoms with Crippen LogP contribution in [0, 0.1) is 13.8 Å². The van der Waals surface area contributed by atoms with Crippen LogP contribution in [0.5, 0.6) is 0 Å². The highest BCUT2D eigenvalue weighted by molar-refractivity contribution is 7.98. The first kappa shape index (κ1) is 15.0. The van der Waals surface area contributed by atoms with Crippen LogP contribution >= 0.6 is 11.8 Å². The predicted octanol–water partition coefficient (Wildman–Crippen LogP) is 1.06. The van der Waals surface area contributed by atoms with Crippen molar-refractivity contribution in [2.45, 2.75) is 32.8 Å². The summed E-state index contributed by atoms with van der Waals surface area (Å²) in [6.07, 6.45) is 2.15. The largest absolute Gasteiger partial charge is 0.387 e. The number of aryl methyl sites for hydroxylation is 2. The summed E-state index contributed by atoms with van der Waals surface area (Å²) in [4.78, 5) is 11.8. The quantitative estimate of drug-likeness (QED) is 0.810. The Morgan fingerprint density at radius 3 is 2.72 bits per heavy atom. The standard InChI is InChI=1S/C12H20N2O3S/c1-8-10(9(2)17-14-8)5-11(15)13-6-12(3,16)7-18-4/h16H,5-7H2,1-4H3,(H,13,15)/t12-/m0/s1. The minimum Gasteiger partial charge on any atom is -0.387 e.